The third kappa shape index (κ3) is 5.91. The van der Waals surface area contributed by atoms with Crippen LogP contribution in [0.5, 0.6) is 5.75 Å². The van der Waals surface area contributed by atoms with Gasteiger partial charge in [-0.25, -0.2) is 0 Å². The fraction of sp³-hybridized carbons (Fsp3) is 0.424. The van der Waals surface area contributed by atoms with E-state index in [1.807, 2.05) is 25.3 Å². The lowest BCUT2D eigenvalue weighted by molar-refractivity contribution is -0.136. The molecule has 2 aliphatic rings. The van der Waals surface area contributed by atoms with Gasteiger partial charge in [-0.1, -0.05) is 25.3 Å². The second kappa shape index (κ2) is 10.9. The zero-order valence-corrected chi connectivity index (χ0v) is 23.4. The number of carboxylic acid groups (broad SMARTS) is 1. The maximum Gasteiger partial charge on any atom is 0.307 e. The van der Waals surface area contributed by atoms with Crippen LogP contribution in [-0.4, -0.2) is 38.4 Å². The molecule has 0 bridgehead atoms. The number of hydrogen-bond acceptors (Lipinski definition) is 5. The first-order valence-corrected chi connectivity index (χ1v) is 14.0. The van der Waals surface area contributed by atoms with Crippen molar-refractivity contribution < 1.29 is 19.7 Å². The number of ether oxygens (including phenoxy) is 1. The highest BCUT2D eigenvalue weighted by Gasteiger charge is 2.23. The number of pyridine rings is 2. The van der Waals surface area contributed by atoms with Crippen molar-refractivity contribution in [1.29, 1.82) is 0 Å². The molecular weight excluding hydrogens is 488 g/mol. The summed E-state index contributed by atoms with van der Waals surface area (Å²) in [7, 11) is 0. The van der Waals surface area contributed by atoms with Crippen LogP contribution < -0.4 is 4.74 Å². The van der Waals surface area contributed by atoms with Gasteiger partial charge in [0.15, 0.2) is 0 Å². The molecule has 1 fully saturated rings. The zero-order chi connectivity index (χ0) is 27.7. The first kappa shape index (κ1) is 27.1. The second-order valence-corrected chi connectivity index (χ2v) is 11.8. The minimum absolute atomic E-state index is 0.0408. The number of nitrogens with zero attached hydrogens (tertiary/aromatic N) is 2. The van der Waals surface area contributed by atoms with Gasteiger partial charge in [0, 0.05) is 40.6 Å². The third-order valence-corrected chi connectivity index (χ3v) is 7.54. The van der Waals surface area contributed by atoms with E-state index in [0.29, 0.717) is 12.5 Å². The molecule has 2 aromatic carbocycles. The predicted octanol–water partition coefficient (Wildman–Crippen LogP) is 7.15. The first-order chi connectivity index (χ1) is 18.6. The Bertz CT molecular complexity index is 1510. The van der Waals surface area contributed by atoms with Crippen molar-refractivity contribution in [3.63, 3.8) is 0 Å². The number of aliphatic hydroxyl groups is 1. The SMILES string of the molecule is CC(C)(C)O.Cc1cc2nc(C3CCCCC3)ccc2c(-c2ccc3c4c(ccnc24)CCO3)c1CC(=O)O. The average Bonchev–Trinajstić information content (AvgIpc) is 2.89. The number of aliphatic carboxylic acids is 1. The summed E-state index contributed by atoms with van der Waals surface area (Å²) in [6, 6.07) is 12.5. The number of benzene rings is 2. The smallest absolute Gasteiger partial charge is 0.307 e. The van der Waals surface area contributed by atoms with E-state index in [0.717, 1.165) is 61.9 Å². The van der Waals surface area contributed by atoms with Crippen LogP contribution in [0.25, 0.3) is 32.9 Å². The van der Waals surface area contributed by atoms with Crippen LogP contribution >= 0.6 is 0 Å². The molecule has 3 heterocycles. The monoisotopic (exact) mass is 526 g/mol. The molecule has 0 radical (unpaired) electrons. The van der Waals surface area contributed by atoms with E-state index in [9.17, 15) is 9.90 Å². The van der Waals surface area contributed by atoms with Gasteiger partial charge in [-0.2, -0.15) is 0 Å². The molecule has 0 amide bonds. The van der Waals surface area contributed by atoms with Crippen LogP contribution in [0.2, 0.25) is 0 Å². The van der Waals surface area contributed by atoms with Crippen molar-refractivity contribution in [2.75, 3.05) is 6.61 Å². The van der Waals surface area contributed by atoms with E-state index in [2.05, 4.69) is 24.3 Å². The minimum atomic E-state index is -0.838. The molecule has 1 saturated carbocycles. The predicted molar refractivity (Wildman–Crippen MR) is 156 cm³/mol. The minimum Gasteiger partial charge on any atom is -0.493 e. The maximum atomic E-state index is 11.9. The molecule has 0 atom stereocenters. The summed E-state index contributed by atoms with van der Waals surface area (Å²) in [5.41, 5.74) is 7.34. The Morgan fingerprint density at radius 1 is 1.08 bits per heavy atom. The van der Waals surface area contributed by atoms with Crippen LogP contribution in [0.3, 0.4) is 0 Å². The quantitative estimate of drug-likeness (QED) is 0.293. The third-order valence-electron chi connectivity index (χ3n) is 7.54. The molecule has 0 saturated heterocycles. The Morgan fingerprint density at radius 3 is 2.54 bits per heavy atom. The van der Waals surface area contributed by atoms with Gasteiger partial charge >= 0.3 is 5.97 Å². The number of hydrogen-bond donors (Lipinski definition) is 2. The summed E-state index contributed by atoms with van der Waals surface area (Å²) >= 11 is 0. The van der Waals surface area contributed by atoms with Gasteiger partial charge in [-0.05, 0) is 93.1 Å². The summed E-state index contributed by atoms with van der Waals surface area (Å²) in [5, 5.41) is 20.3. The van der Waals surface area contributed by atoms with E-state index < -0.39 is 11.6 Å². The number of carboxylic acids is 1. The first-order valence-electron chi connectivity index (χ1n) is 14.0. The summed E-state index contributed by atoms with van der Waals surface area (Å²) in [4.78, 5) is 21.8. The highest BCUT2D eigenvalue weighted by atomic mass is 16.5. The molecule has 0 spiro atoms. The van der Waals surface area contributed by atoms with Gasteiger partial charge in [0.2, 0.25) is 0 Å². The van der Waals surface area contributed by atoms with Crippen LogP contribution in [-0.2, 0) is 17.6 Å². The van der Waals surface area contributed by atoms with Gasteiger partial charge in [0.25, 0.3) is 0 Å². The molecule has 6 heteroatoms. The Kier molecular flexibility index (Phi) is 7.59. The summed E-state index contributed by atoms with van der Waals surface area (Å²) < 4.78 is 5.93. The number of aryl methyl sites for hydroxylation is 1. The Labute approximate surface area is 230 Å². The van der Waals surface area contributed by atoms with Crippen LogP contribution in [0.1, 0.15) is 81.2 Å². The number of carbonyl (C=O) groups is 1. The fourth-order valence-electron chi connectivity index (χ4n) is 5.88. The number of aromatic nitrogens is 2. The van der Waals surface area contributed by atoms with Gasteiger partial charge in [-0.3, -0.25) is 14.8 Å². The molecule has 6 rings (SSSR count). The number of fused-ring (bicyclic) bond motifs is 1. The fourth-order valence-corrected chi connectivity index (χ4v) is 5.88. The van der Waals surface area contributed by atoms with Gasteiger partial charge < -0.3 is 14.9 Å². The van der Waals surface area contributed by atoms with E-state index in [1.54, 1.807) is 20.8 Å². The van der Waals surface area contributed by atoms with E-state index >= 15 is 0 Å². The van der Waals surface area contributed by atoms with Crippen LogP contribution in [0, 0.1) is 6.92 Å². The largest absolute Gasteiger partial charge is 0.493 e. The standard InChI is InChI=1S/C29H28N2O3.C4H10O/c1-17-15-24-20(7-9-23(31-24)18-5-3-2-4-6-18)28(22(17)16-26(32)33)21-8-10-25-27-19(12-14-34-25)11-13-30-29(21)27;1-4(2,3)5/h7-11,13,15,18H,2-6,12,14,16H2,1H3,(H,32,33);5H,1-3H3. The molecule has 2 N–H and O–H groups in total. The highest BCUT2D eigenvalue weighted by molar-refractivity contribution is 6.07. The maximum absolute atomic E-state index is 11.9. The average molecular weight is 527 g/mol. The van der Waals surface area contributed by atoms with Crippen molar-refractivity contribution in [1.82, 2.24) is 9.97 Å². The molecule has 6 nitrogen and oxygen atoms in total. The van der Waals surface area contributed by atoms with Crippen LogP contribution in [0.4, 0.5) is 0 Å². The topological polar surface area (TPSA) is 92.5 Å². The van der Waals surface area contributed by atoms with E-state index in [-0.39, 0.29) is 6.42 Å². The van der Waals surface area contributed by atoms with Crippen molar-refractivity contribution in [3.05, 3.63) is 65.0 Å². The molecule has 2 aromatic heterocycles. The number of rotatable bonds is 4. The molecule has 1 aliphatic carbocycles. The van der Waals surface area contributed by atoms with Crippen LogP contribution in [0.15, 0.2) is 42.6 Å². The van der Waals surface area contributed by atoms with Crippen molar-refractivity contribution >= 4 is 27.8 Å². The van der Waals surface area contributed by atoms with Crippen molar-refractivity contribution in [2.45, 2.75) is 84.2 Å². The molecule has 4 aromatic rings. The Hall–Kier alpha value is -3.51. The highest BCUT2D eigenvalue weighted by Crippen LogP contribution is 2.42. The normalized spacial score (nSPS) is 15.5. The van der Waals surface area contributed by atoms with Crippen molar-refractivity contribution in [3.8, 4) is 16.9 Å². The van der Waals surface area contributed by atoms with Gasteiger partial charge in [-0.15, -0.1) is 0 Å². The lowest BCUT2D eigenvalue weighted by Gasteiger charge is -2.23. The molecule has 204 valence electrons. The Balaban J connectivity index is 0.000000567. The summed E-state index contributed by atoms with van der Waals surface area (Å²) in [6.45, 7) is 7.89. The summed E-state index contributed by atoms with van der Waals surface area (Å²) in [6.07, 6.45) is 8.89. The van der Waals surface area contributed by atoms with Crippen molar-refractivity contribution in [2.24, 2.45) is 0 Å². The van der Waals surface area contributed by atoms with Gasteiger partial charge in [0.05, 0.1) is 29.7 Å². The molecule has 1 aliphatic heterocycles. The molecular formula is C33H38N2O4. The molecule has 39 heavy (non-hydrogen) atoms. The lowest BCUT2D eigenvalue weighted by atomic mass is 9.85. The van der Waals surface area contributed by atoms with E-state index in [1.165, 1.54) is 37.7 Å². The zero-order valence-electron chi connectivity index (χ0n) is 23.4. The van der Waals surface area contributed by atoms with Gasteiger partial charge in [0.1, 0.15) is 5.75 Å². The molecule has 0 unspecified atom stereocenters. The lowest BCUT2D eigenvalue weighted by Crippen LogP contribution is -2.10. The summed E-state index contributed by atoms with van der Waals surface area (Å²) in [5.74, 6) is 0.525. The van der Waals surface area contributed by atoms with E-state index in [4.69, 9.17) is 19.8 Å². The second-order valence-electron chi connectivity index (χ2n) is 11.8. The Morgan fingerprint density at radius 2 is 1.82 bits per heavy atom.